The summed E-state index contributed by atoms with van der Waals surface area (Å²) in [5, 5.41) is 0. The molecule has 0 amide bonds. The van der Waals surface area contributed by atoms with E-state index in [1.807, 2.05) is 36.4 Å². The predicted octanol–water partition coefficient (Wildman–Crippen LogP) is 3.99. The predicted molar refractivity (Wildman–Crippen MR) is 106 cm³/mol. The van der Waals surface area contributed by atoms with Crippen LogP contribution in [-0.2, 0) is 19.0 Å². The fraction of sp³-hybridized carbons (Fsp3) is 0.261. The van der Waals surface area contributed by atoms with Crippen molar-refractivity contribution in [2.24, 2.45) is 0 Å². The van der Waals surface area contributed by atoms with Gasteiger partial charge >= 0.3 is 5.97 Å². The Morgan fingerprint density at radius 3 is 2.39 bits per heavy atom. The van der Waals surface area contributed by atoms with Crippen LogP contribution in [0.1, 0.15) is 12.0 Å². The molecule has 2 aromatic rings. The topological polar surface area (TPSA) is 54.0 Å². The molecule has 2 fully saturated rings. The largest absolute Gasteiger partial charge is 0.485 e. The molecule has 0 aromatic heterocycles. The van der Waals surface area contributed by atoms with E-state index in [0.717, 1.165) is 35.8 Å². The van der Waals surface area contributed by atoms with Crippen LogP contribution < -0.4 is 4.74 Å². The number of benzene rings is 2. The van der Waals surface area contributed by atoms with E-state index in [1.165, 1.54) is 0 Å². The molecule has 5 heteroatoms. The maximum absolute atomic E-state index is 11.2. The van der Waals surface area contributed by atoms with Crippen LogP contribution in [0.15, 0.2) is 67.8 Å². The van der Waals surface area contributed by atoms with Gasteiger partial charge in [-0.2, -0.15) is 0 Å². The molecule has 4 rings (SSSR count). The van der Waals surface area contributed by atoms with Crippen LogP contribution in [0.3, 0.4) is 0 Å². The minimum absolute atomic E-state index is 0.00438. The number of hydrogen-bond acceptors (Lipinski definition) is 5. The van der Waals surface area contributed by atoms with Crippen molar-refractivity contribution in [1.29, 1.82) is 0 Å². The standard InChI is InChI=1S/C23H22O5/c1-3-22(24)28-19-10-8-18(9-11-19)17-6-4-16(5-7-17)15(2)27-21-14-26-20-12-13-25-23(20)21/h3-11,20-21,23H,1-2,12-14H2/t20?,21-,23?/m1/s1. The highest BCUT2D eigenvalue weighted by Crippen LogP contribution is 2.31. The van der Waals surface area contributed by atoms with Crippen LogP contribution in [-0.4, -0.2) is 37.5 Å². The fourth-order valence-electron chi connectivity index (χ4n) is 3.50. The Kier molecular flexibility index (Phi) is 5.28. The van der Waals surface area contributed by atoms with Crippen molar-refractivity contribution in [2.45, 2.75) is 24.7 Å². The molecule has 0 radical (unpaired) electrons. The van der Waals surface area contributed by atoms with Crippen molar-refractivity contribution in [3.63, 3.8) is 0 Å². The second-order valence-electron chi connectivity index (χ2n) is 6.80. The van der Waals surface area contributed by atoms with Crippen molar-refractivity contribution in [1.82, 2.24) is 0 Å². The molecule has 5 nitrogen and oxygen atoms in total. The van der Waals surface area contributed by atoms with E-state index in [2.05, 4.69) is 13.2 Å². The second kappa shape index (κ2) is 8.00. The van der Waals surface area contributed by atoms with Crippen LogP contribution in [0.2, 0.25) is 0 Å². The van der Waals surface area contributed by atoms with Gasteiger partial charge in [-0.3, -0.25) is 0 Å². The summed E-state index contributed by atoms with van der Waals surface area (Å²) in [6.45, 7) is 8.71. The van der Waals surface area contributed by atoms with Gasteiger partial charge in [0.05, 0.1) is 12.7 Å². The summed E-state index contributed by atoms with van der Waals surface area (Å²) in [6.07, 6.45) is 2.11. The third kappa shape index (κ3) is 3.86. The van der Waals surface area contributed by atoms with E-state index in [4.69, 9.17) is 18.9 Å². The lowest BCUT2D eigenvalue weighted by atomic mass is 10.0. The Balaban J connectivity index is 1.40. The molecule has 28 heavy (non-hydrogen) atoms. The number of hydrogen-bond donors (Lipinski definition) is 0. The Labute approximate surface area is 164 Å². The van der Waals surface area contributed by atoms with E-state index < -0.39 is 5.97 Å². The molecule has 2 heterocycles. The molecule has 2 aliphatic rings. The number of carbonyl (C=O) groups excluding carboxylic acids is 1. The zero-order chi connectivity index (χ0) is 19.5. The summed E-state index contributed by atoms with van der Waals surface area (Å²) < 4.78 is 22.5. The normalized spacial score (nSPS) is 23.1. The van der Waals surface area contributed by atoms with Gasteiger partial charge in [-0.05, 0) is 29.7 Å². The Morgan fingerprint density at radius 2 is 1.71 bits per heavy atom. The zero-order valence-electron chi connectivity index (χ0n) is 15.5. The minimum Gasteiger partial charge on any atom is -0.485 e. The molecule has 0 spiro atoms. The fourth-order valence-corrected chi connectivity index (χ4v) is 3.50. The zero-order valence-corrected chi connectivity index (χ0v) is 15.5. The average Bonchev–Trinajstić information content (AvgIpc) is 3.34. The molecule has 0 aliphatic carbocycles. The second-order valence-corrected chi connectivity index (χ2v) is 6.80. The number of esters is 1. The summed E-state index contributed by atoms with van der Waals surface area (Å²) in [5.74, 6) is 0.624. The smallest absolute Gasteiger partial charge is 0.335 e. The first-order valence-corrected chi connectivity index (χ1v) is 9.28. The first-order valence-electron chi connectivity index (χ1n) is 9.28. The maximum atomic E-state index is 11.2. The van der Waals surface area contributed by atoms with Crippen LogP contribution >= 0.6 is 0 Å². The van der Waals surface area contributed by atoms with Crippen LogP contribution in [0.4, 0.5) is 0 Å². The van der Waals surface area contributed by atoms with Gasteiger partial charge in [0, 0.05) is 18.2 Å². The Hall–Kier alpha value is -2.89. The monoisotopic (exact) mass is 378 g/mol. The molecule has 2 aliphatic heterocycles. The lowest BCUT2D eigenvalue weighted by molar-refractivity contribution is -0.128. The van der Waals surface area contributed by atoms with E-state index in [0.29, 0.717) is 18.1 Å². The molecule has 0 N–H and O–H groups in total. The quantitative estimate of drug-likeness (QED) is 0.329. The molecular weight excluding hydrogens is 356 g/mol. The lowest BCUT2D eigenvalue weighted by Gasteiger charge is -2.19. The van der Waals surface area contributed by atoms with Crippen molar-refractivity contribution in [3.05, 3.63) is 73.3 Å². The Morgan fingerprint density at radius 1 is 1.04 bits per heavy atom. The highest BCUT2D eigenvalue weighted by atomic mass is 16.6. The van der Waals surface area contributed by atoms with Crippen molar-refractivity contribution in [3.8, 4) is 16.9 Å². The van der Waals surface area contributed by atoms with Crippen molar-refractivity contribution in [2.75, 3.05) is 13.2 Å². The van der Waals surface area contributed by atoms with Gasteiger partial charge in [-0.15, -0.1) is 0 Å². The highest BCUT2D eigenvalue weighted by molar-refractivity contribution is 5.83. The van der Waals surface area contributed by atoms with E-state index in [9.17, 15) is 4.79 Å². The van der Waals surface area contributed by atoms with Gasteiger partial charge in [0.15, 0.2) is 6.10 Å². The highest BCUT2D eigenvalue weighted by Gasteiger charge is 2.43. The molecule has 2 saturated heterocycles. The van der Waals surface area contributed by atoms with E-state index >= 15 is 0 Å². The molecular formula is C23H22O5. The number of fused-ring (bicyclic) bond motifs is 1. The molecule has 0 bridgehead atoms. The average molecular weight is 378 g/mol. The van der Waals surface area contributed by atoms with Gasteiger partial charge < -0.3 is 18.9 Å². The summed E-state index contributed by atoms with van der Waals surface area (Å²) >= 11 is 0. The first-order chi connectivity index (χ1) is 13.6. The van der Waals surface area contributed by atoms with Gasteiger partial charge in [0.25, 0.3) is 0 Å². The molecule has 144 valence electrons. The summed E-state index contributed by atoms with van der Waals surface area (Å²) in [5.41, 5.74) is 2.98. The maximum Gasteiger partial charge on any atom is 0.335 e. The van der Waals surface area contributed by atoms with Gasteiger partial charge in [-0.1, -0.05) is 49.6 Å². The van der Waals surface area contributed by atoms with Gasteiger partial charge in [-0.25, -0.2) is 4.79 Å². The molecule has 2 unspecified atom stereocenters. The van der Waals surface area contributed by atoms with Crippen LogP contribution in [0.25, 0.3) is 16.9 Å². The number of ether oxygens (including phenoxy) is 4. The van der Waals surface area contributed by atoms with E-state index in [1.54, 1.807) is 12.1 Å². The lowest BCUT2D eigenvalue weighted by Crippen LogP contribution is -2.29. The summed E-state index contributed by atoms with van der Waals surface area (Å²) in [4.78, 5) is 11.2. The number of carbonyl (C=O) groups is 1. The van der Waals surface area contributed by atoms with Crippen LogP contribution in [0.5, 0.6) is 5.75 Å². The van der Waals surface area contributed by atoms with Crippen LogP contribution in [0, 0.1) is 0 Å². The van der Waals surface area contributed by atoms with Crippen molar-refractivity contribution >= 4 is 11.7 Å². The minimum atomic E-state index is -0.474. The molecule has 2 aromatic carbocycles. The number of rotatable bonds is 6. The third-order valence-electron chi connectivity index (χ3n) is 4.99. The molecule has 0 saturated carbocycles. The third-order valence-corrected chi connectivity index (χ3v) is 4.99. The Bertz CT molecular complexity index is 869. The van der Waals surface area contributed by atoms with E-state index in [-0.39, 0.29) is 18.3 Å². The van der Waals surface area contributed by atoms with Gasteiger partial charge in [0.2, 0.25) is 0 Å². The van der Waals surface area contributed by atoms with Crippen molar-refractivity contribution < 1.29 is 23.7 Å². The summed E-state index contributed by atoms with van der Waals surface area (Å²) in [7, 11) is 0. The molecule has 3 atom stereocenters. The van der Waals surface area contributed by atoms with Gasteiger partial charge in [0.1, 0.15) is 17.6 Å². The first kappa shape index (κ1) is 18.5. The SMILES string of the molecule is C=CC(=O)Oc1ccc(-c2ccc(C(=C)O[C@@H]3COC4CCOC43)cc2)cc1. The summed E-state index contributed by atoms with van der Waals surface area (Å²) in [6, 6.07) is 15.3.